The first kappa shape index (κ1) is 12.8. The lowest BCUT2D eigenvalue weighted by Gasteiger charge is -2.43. The van der Waals surface area contributed by atoms with Gasteiger partial charge in [0.25, 0.3) is 0 Å². The first-order valence-corrected chi connectivity index (χ1v) is 10.2. The minimum atomic E-state index is -0.280. The molecule has 16 heavy (non-hydrogen) atoms. The Labute approximate surface area is 104 Å². The maximum absolute atomic E-state index is 2.51. The van der Waals surface area contributed by atoms with E-state index in [1.807, 2.05) is 0 Å². The van der Waals surface area contributed by atoms with E-state index < -0.39 is 0 Å². The molecule has 0 radical (unpaired) electrons. The van der Waals surface area contributed by atoms with Crippen LogP contribution in [0.2, 0.25) is 0 Å². The molecule has 96 valence electrons. The second-order valence-electron chi connectivity index (χ2n) is 6.87. The van der Waals surface area contributed by atoms with Crippen molar-refractivity contribution >= 4 is 10.0 Å². The monoisotopic (exact) mass is 242 g/mol. The fourth-order valence-electron chi connectivity index (χ4n) is 3.87. The largest absolute Gasteiger partial charge is 0.247 e. The van der Waals surface area contributed by atoms with Gasteiger partial charge in [-0.15, -0.1) is 0 Å². The van der Waals surface area contributed by atoms with Crippen molar-refractivity contribution in [2.75, 3.05) is 18.8 Å². The van der Waals surface area contributed by atoms with Gasteiger partial charge in [0.1, 0.15) is 0 Å². The van der Waals surface area contributed by atoms with Gasteiger partial charge in [-0.1, -0.05) is 32.1 Å². The van der Waals surface area contributed by atoms with Gasteiger partial charge in [0.05, 0.1) is 0 Å². The summed E-state index contributed by atoms with van der Waals surface area (Å²) < 4.78 is 0. The summed E-state index contributed by atoms with van der Waals surface area (Å²) in [6.07, 6.45) is 21.4. The maximum atomic E-state index is 2.51. The molecule has 2 aliphatic carbocycles. The summed E-state index contributed by atoms with van der Waals surface area (Å²) in [5.74, 6) is 2.22. The number of hydrogen-bond donors (Lipinski definition) is 0. The molecule has 0 bridgehead atoms. The molecule has 0 saturated heterocycles. The van der Waals surface area contributed by atoms with Crippen LogP contribution in [0.3, 0.4) is 0 Å². The van der Waals surface area contributed by atoms with Crippen molar-refractivity contribution in [1.82, 2.24) is 0 Å². The SMILES string of the molecule is CS(C)(C)C1CCC(C2CCCCC2)CC1. The second-order valence-corrected chi connectivity index (χ2v) is 11.4. The van der Waals surface area contributed by atoms with Crippen LogP contribution in [-0.4, -0.2) is 24.0 Å². The highest BCUT2D eigenvalue weighted by Crippen LogP contribution is 2.50. The Hall–Kier alpha value is 0.350. The Morgan fingerprint density at radius 3 is 1.62 bits per heavy atom. The molecule has 0 heterocycles. The summed E-state index contributed by atoms with van der Waals surface area (Å²) in [5, 5.41) is 1.08. The van der Waals surface area contributed by atoms with E-state index in [0.29, 0.717) is 0 Å². The predicted molar refractivity (Wildman–Crippen MR) is 77.7 cm³/mol. The van der Waals surface area contributed by atoms with Crippen LogP contribution in [0.4, 0.5) is 0 Å². The third-order valence-corrected chi connectivity index (χ3v) is 7.51. The van der Waals surface area contributed by atoms with Gasteiger partial charge in [0.15, 0.2) is 0 Å². The molecule has 2 aliphatic rings. The zero-order valence-corrected chi connectivity index (χ0v) is 12.3. The van der Waals surface area contributed by atoms with Gasteiger partial charge < -0.3 is 0 Å². The average molecular weight is 242 g/mol. The fraction of sp³-hybridized carbons (Fsp3) is 1.00. The van der Waals surface area contributed by atoms with Crippen molar-refractivity contribution < 1.29 is 0 Å². The van der Waals surface area contributed by atoms with Crippen molar-refractivity contribution in [3.05, 3.63) is 0 Å². The summed E-state index contributed by atoms with van der Waals surface area (Å²) in [4.78, 5) is 0. The summed E-state index contributed by atoms with van der Waals surface area (Å²) in [6, 6.07) is 0. The van der Waals surface area contributed by atoms with Crippen LogP contribution >= 0.6 is 10.0 Å². The Morgan fingerprint density at radius 2 is 1.12 bits per heavy atom. The molecule has 0 unspecified atom stereocenters. The Morgan fingerprint density at radius 1 is 0.625 bits per heavy atom. The zero-order chi connectivity index (χ0) is 11.6. The highest BCUT2D eigenvalue weighted by molar-refractivity contribution is 8.32. The van der Waals surface area contributed by atoms with E-state index >= 15 is 0 Å². The molecule has 1 heteroatoms. The molecule has 0 spiro atoms. The second kappa shape index (κ2) is 5.33. The predicted octanol–water partition coefficient (Wildman–Crippen LogP) is 4.82. The molecule has 0 amide bonds. The quantitative estimate of drug-likeness (QED) is 0.651. The molecule has 2 saturated carbocycles. The smallest absolute Gasteiger partial charge is 0.0119 e. The third kappa shape index (κ3) is 3.18. The van der Waals surface area contributed by atoms with Crippen LogP contribution in [-0.2, 0) is 0 Å². The van der Waals surface area contributed by atoms with Crippen LogP contribution in [0.5, 0.6) is 0 Å². The van der Waals surface area contributed by atoms with Gasteiger partial charge in [0, 0.05) is 0 Å². The van der Waals surface area contributed by atoms with E-state index in [4.69, 9.17) is 0 Å². The minimum absolute atomic E-state index is 0.280. The van der Waals surface area contributed by atoms with E-state index in [9.17, 15) is 0 Å². The summed E-state index contributed by atoms with van der Waals surface area (Å²) in [5.41, 5.74) is 0. The number of rotatable bonds is 2. The summed E-state index contributed by atoms with van der Waals surface area (Å²) >= 11 is 0. The van der Waals surface area contributed by atoms with E-state index in [2.05, 4.69) is 18.8 Å². The standard InChI is InChI=1S/C15H30S/c1-16(2,3)15-11-9-14(10-12-15)13-7-5-4-6-8-13/h13-15H,4-12H2,1-3H3. The van der Waals surface area contributed by atoms with Crippen molar-refractivity contribution in [2.24, 2.45) is 11.8 Å². The van der Waals surface area contributed by atoms with Crippen LogP contribution in [0.15, 0.2) is 0 Å². The van der Waals surface area contributed by atoms with Crippen molar-refractivity contribution in [2.45, 2.75) is 63.0 Å². The van der Waals surface area contributed by atoms with E-state index in [0.717, 1.165) is 17.1 Å². The van der Waals surface area contributed by atoms with Gasteiger partial charge in [-0.25, -0.2) is 10.0 Å². The van der Waals surface area contributed by atoms with Crippen molar-refractivity contribution in [1.29, 1.82) is 0 Å². The third-order valence-electron chi connectivity index (χ3n) is 5.04. The van der Waals surface area contributed by atoms with Gasteiger partial charge in [-0.05, 0) is 61.5 Å². The van der Waals surface area contributed by atoms with E-state index in [1.54, 1.807) is 38.5 Å². The fourth-order valence-corrected chi connectivity index (χ4v) is 5.56. The summed E-state index contributed by atoms with van der Waals surface area (Å²) in [7, 11) is -0.280. The first-order valence-electron chi connectivity index (χ1n) is 7.24. The van der Waals surface area contributed by atoms with Crippen molar-refractivity contribution in [3.8, 4) is 0 Å². The minimum Gasteiger partial charge on any atom is -0.247 e. The molecule has 2 rings (SSSR count). The topological polar surface area (TPSA) is 0 Å². The lowest BCUT2D eigenvalue weighted by Crippen LogP contribution is -2.28. The Bertz CT molecular complexity index is 202. The molecule has 0 aromatic heterocycles. The summed E-state index contributed by atoms with van der Waals surface area (Å²) in [6.45, 7) is 0. The van der Waals surface area contributed by atoms with Crippen LogP contribution < -0.4 is 0 Å². The lowest BCUT2D eigenvalue weighted by molar-refractivity contribution is 0.198. The molecule has 2 fully saturated rings. The Kier molecular flexibility index (Phi) is 4.26. The van der Waals surface area contributed by atoms with Crippen LogP contribution in [0, 0.1) is 11.8 Å². The Balaban J connectivity index is 1.80. The zero-order valence-electron chi connectivity index (χ0n) is 11.5. The molecule has 0 aliphatic heterocycles. The molecule has 0 aromatic rings. The number of hydrogen-bond acceptors (Lipinski definition) is 0. The van der Waals surface area contributed by atoms with Crippen LogP contribution in [0.25, 0.3) is 0 Å². The van der Waals surface area contributed by atoms with Gasteiger partial charge in [-0.3, -0.25) is 0 Å². The lowest BCUT2D eigenvalue weighted by atomic mass is 9.73. The van der Waals surface area contributed by atoms with E-state index in [1.165, 1.54) is 19.3 Å². The van der Waals surface area contributed by atoms with Gasteiger partial charge >= 0.3 is 0 Å². The van der Waals surface area contributed by atoms with Gasteiger partial charge in [0.2, 0.25) is 0 Å². The normalized spacial score (nSPS) is 34.9. The van der Waals surface area contributed by atoms with Crippen molar-refractivity contribution in [3.63, 3.8) is 0 Å². The molecule has 0 nitrogen and oxygen atoms in total. The molecule has 0 atom stereocenters. The average Bonchev–Trinajstić information content (AvgIpc) is 2.29. The van der Waals surface area contributed by atoms with Crippen LogP contribution in [0.1, 0.15) is 57.8 Å². The highest BCUT2D eigenvalue weighted by Gasteiger charge is 2.31. The molecule has 0 aromatic carbocycles. The molecular weight excluding hydrogens is 212 g/mol. The molecular formula is C15H30S. The first-order chi connectivity index (χ1) is 7.57. The maximum Gasteiger partial charge on any atom is -0.0119 e. The van der Waals surface area contributed by atoms with E-state index in [-0.39, 0.29) is 10.0 Å². The molecule has 0 N–H and O–H groups in total. The van der Waals surface area contributed by atoms with Gasteiger partial charge in [-0.2, -0.15) is 0 Å². The highest BCUT2D eigenvalue weighted by atomic mass is 32.3.